The van der Waals surface area contributed by atoms with Crippen LogP contribution >= 0.6 is 11.6 Å². The zero-order valence-electron chi connectivity index (χ0n) is 22.4. The molecule has 0 bridgehead atoms. The van der Waals surface area contributed by atoms with E-state index >= 15 is 0 Å². The number of amides is 2. The van der Waals surface area contributed by atoms with Crippen molar-refractivity contribution in [2.75, 3.05) is 20.3 Å². The predicted molar refractivity (Wildman–Crippen MR) is 141 cm³/mol. The Morgan fingerprint density at radius 2 is 1.95 bits per heavy atom. The minimum atomic E-state index is -1.62. The second-order valence-corrected chi connectivity index (χ2v) is 10.1. The second-order valence-electron chi connectivity index (χ2n) is 9.73. The highest BCUT2D eigenvalue weighted by Crippen LogP contribution is 2.28. The molecule has 2 atom stereocenters. The van der Waals surface area contributed by atoms with Crippen LogP contribution in [-0.4, -0.2) is 74.1 Å². The lowest BCUT2D eigenvalue weighted by molar-refractivity contribution is -0.00948. The molecule has 0 aliphatic rings. The SMILES string of the molecule is CCn1ncc2cc(Cl)nc(CC(O)COC[C@H](c3ccc(OC)c(F)c3)N(C(=O)O)C(=O)OC(C)(C)C)c21. The number of ether oxygens (including phenoxy) is 3. The van der Waals surface area contributed by atoms with Gasteiger partial charge in [0.1, 0.15) is 10.8 Å². The van der Waals surface area contributed by atoms with Crippen molar-refractivity contribution in [1.29, 1.82) is 0 Å². The molecule has 2 amide bonds. The number of imide groups is 1. The molecule has 1 unspecified atom stereocenters. The average molecular weight is 567 g/mol. The molecule has 2 aromatic heterocycles. The molecule has 0 spiro atoms. The van der Waals surface area contributed by atoms with E-state index in [0.29, 0.717) is 17.1 Å². The third kappa shape index (κ3) is 7.55. The minimum absolute atomic E-state index is 0.0559. The fourth-order valence-corrected chi connectivity index (χ4v) is 4.22. The molecule has 13 heteroatoms. The Hall–Kier alpha value is -3.48. The molecule has 3 rings (SSSR count). The molecule has 0 radical (unpaired) electrons. The topological polar surface area (TPSA) is 136 Å². The van der Waals surface area contributed by atoms with Crippen LogP contribution in [0.1, 0.15) is 45.0 Å². The van der Waals surface area contributed by atoms with Gasteiger partial charge in [-0.05, 0) is 51.5 Å². The van der Waals surface area contributed by atoms with Crippen molar-refractivity contribution in [3.63, 3.8) is 0 Å². The summed E-state index contributed by atoms with van der Waals surface area (Å²) >= 11 is 6.14. The Labute approximate surface area is 230 Å². The Balaban J connectivity index is 1.82. The quantitative estimate of drug-likeness (QED) is 0.331. The van der Waals surface area contributed by atoms with Gasteiger partial charge in [-0.3, -0.25) is 4.68 Å². The molecule has 2 heterocycles. The van der Waals surface area contributed by atoms with E-state index in [-0.39, 0.29) is 36.1 Å². The number of aryl methyl sites for hydroxylation is 1. The molecule has 3 aromatic rings. The monoisotopic (exact) mass is 566 g/mol. The van der Waals surface area contributed by atoms with Gasteiger partial charge >= 0.3 is 12.2 Å². The van der Waals surface area contributed by atoms with Gasteiger partial charge in [0.2, 0.25) is 0 Å². The van der Waals surface area contributed by atoms with E-state index in [1.807, 2.05) is 6.92 Å². The lowest BCUT2D eigenvalue weighted by Gasteiger charge is -2.30. The Morgan fingerprint density at radius 1 is 1.23 bits per heavy atom. The normalized spacial score (nSPS) is 13.2. The van der Waals surface area contributed by atoms with Crippen LogP contribution in [0.25, 0.3) is 10.9 Å². The van der Waals surface area contributed by atoms with Gasteiger partial charge in [0, 0.05) is 18.4 Å². The van der Waals surface area contributed by atoms with E-state index in [1.54, 1.807) is 37.7 Å². The maximum Gasteiger partial charge on any atom is 0.420 e. The van der Waals surface area contributed by atoms with E-state index in [0.717, 1.165) is 17.0 Å². The summed E-state index contributed by atoms with van der Waals surface area (Å²) in [5, 5.41) is 25.9. The van der Waals surface area contributed by atoms with Crippen LogP contribution in [0.4, 0.5) is 14.0 Å². The van der Waals surface area contributed by atoms with Gasteiger partial charge in [-0.2, -0.15) is 5.10 Å². The summed E-state index contributed by atoms with van der Waals surface area (Å²) in [4.78, 5) is 29.7. The van der Waals surface area contributed by atoms with Crippen molar-refractivity contribution in [2.24, 2.45) is 0 Å². The fourth-order valence-electron chi connectivity index (χ4n) is 4.00. The first-order chi connectivity index (χ1) is 18.3. The molecular formula is C26H32ClFN4O7. The number of aromatic nitrogens is 3. The van der Waals surface area contributed by atoms with Gasteiger partial charge < -0.3 is 24.4 Å². The number of carboxylic acid groups (broad SMARTS) is 1. The summed E-state index contributed by atoms with van der Waals surface area (Å²) in [6, 6.07) is 4.18. The summed E-state index contributed by atoms with van der Waals surface area (Å²) in [6.07, 6.45) is -2.10. The molecule has 2 N–H and O–H groups in total. The highest BCUT2D eigenvalue weighted by atomic mass is 35.5. The number of aliphatic hydroxyl groups excluding tert-OH is 1. The molecule has 0 aliphatic heterocycles. The smallest absolute Gasteiger partial charge is 0.420 e. The summed E-state index contributed by atoms with van der Waals surface area (Å²) in [6.45, 7) is 6.64. The molecule has 0 saturated heterocycles. The number of carbonyl (C=O) groups excluding carboxylic acids is 1. The number of hydrogen-bond donors (Lipinski definition) is 2. The second kappa shape index (κ2) is 12.6. The standard InChI is InChI=1S/C26H32ClFN4O7/c1-6-31-23-16(12-29-31)10-22(27)30-19(23)11-17(33)13-38-14-20(15-7-8-21(37-5)18(28)9-15)32(24(34)35)25(36)39-26(2,3)4/h7-10,12,17,20,33H,6,11,13-14H2,1-5H3,(H,34,35)/t17?,20-/m1/s1. The first-order valence-corrected chi connectivity index (χ1v) is 12.6. The summed E-state index contributed by atoms with van der Waals surface area (Å²) in [5.74, 6) is -0.808. The zero-order chi connectivity index (χ0) is 28.9. The third-order valence-electron chi connectivity index (χ3n) is 5.64. The van der Waals surface area contributed by atoms with Crippen molar-refractivity contribution < 1.29 is 38.4 Å². The molecule has 212 valence electrons. The van der Waals surface area contributed by atoms with Crippen LogP contribution in [0.2, 0.25) is 5.15 Å². The summed E-state index contributed by atoms with van der Waals surface area (Å²) < 4.78 is 32.1. The number of hydrogen-bond acceptors (Lipinski definition) is 8. The van der Waals surface area contributed by atoms with E-state index in [9.17, 15) is 24.2 Å². The highest BCUT2D eigenvalue weighted by Gasteiger charge is 2.35. The number of benzene rings is 1. The van der Waals surface area contributed by atoms with E-state index in [4.69, 9.17) is 25.8 Å². The van der Waals surface area contributed by atoms with Crippen molar-refractivity contribution in [1.82, 2.24) is 19.7 Å². The number of aliphatic hydroxyl groups is 1. The van der Waals surface area contributed by atoms with Crippen LogP contribution in [0.3, 0.4) is 0 Å². The molecular weight excluding hydrogens is 535 g/mol. The average Bonchev–Trinajstić information content (AvgIpc) is 3.25. The Morgan fingerprint density at radius 3 is 2.54 bits per heavy atom. The first-order valence-electron chi connectivity index (χ1n) is 12.2. The van der Waals surface area contributed by atoms with Gasteiger partial charge in [-0.1, -0.05) is 17.7 Å². The molecule has 11 nitrogen and oxygen atoms in total. The summed E-state index contributed by atoms with van der Waals surface area (Å²) in [5.41, 5.74) is 0.385. The number of pyridine rings is 1. The third-order valence-corrected chi connectivity index (χ3v) is 5.83. The van der Waals surface area contributed by atoms with E-state index in [2.05, 4.69) is 10.1 Å². The van der Waals surface area contributed by atoms with Gasteiger partial charge in [0.05, 0.1) is 49.9 Å². The van der Waals surface area contributed by atoms with Gasteiger partial charge in [0.15, 0.2) is 11.6 Å². The van der Waals surface area contributed by atoms with Crippen molar-refractivity contribution >= 4 is 34.7 Å². The fraction of sp³-hybridized carbons (Fsp3) is 0.462. The number of nitrogens with zero attached hydrogens (tertiary/aromatic N) is 4. The van der Waals surface area contributed by atoms with Crippen LogP contribution in [-0.2, 0) is 22.4 Å². The lowest BCUT2D eigenvalue weighted by Crippen LogP contribution is -2.44. The maximum atomic E-state index is 14.5. The Kier molecular flexibility index (Phi) is 9.70. The summed E-state index contributed by atoms with van der Waals surface area (Å²) in [7, 11) is 1.29. The molecule has 0 saturated carbocycles. The predicted octanol–water partition coefficient (Wildman–Crippen LogP) is 4.83. The maximum absolute atomic E-state index is 14.5. The first kappa shape index (κ1) is 30.1. The van der Waals surface area contributed by atoms with Crippen LogP contribution in [0, 0.1) is 5.82 Å². The van der Waals surface area contributed by atoms with Crippen LogP contribution in [0.15, 0.2) is 30.5 Å². The molecule has 0 aliphatic carbocycles. The van der Waals surface area contributed by atoms with Gasteiger partial charge in [-0.25, -0.2) is 23.9 Å². The minimum Gasteiger partial charge on any atom is -0.494 e. The molecule has 39 heavy (non-hydrogen) atoms. The molecule has 1 aromatic carbocycles. The van der Waals surface area contributed by atoms with Crippen molar-refractivity contribution in [2.45, 2.75) is 58.4 Å². The van der Waals surface area contributed by atoms with Gasteiger partial charge in [-0.15, -0.1) is 0 Å². The Bertz CT molecular complexity index is 1330. The van der Waals surface area contributed by atoms with E-state index < -0.39 is 35.8 Å². The highest BCUT2D eigenvalue weighted by molar-refractivity contribution is 6.30. The number of fused-ring (bicyclic) bond motifs is 1. The van der Waals surface area contributed by atoms with Crippen molar-refractivity contribution in [3.05, 3.63) is 52.7 Å². The lowest BCUT2D eigenvalue weighted by atomic mass is 10.1. The van der Waals surface area contributed by atoms with Gasteiger partial charge in [0.25, 0.3) is 0 Å². The number of carbonyl (C=O) groups is 2. The largest absolute Gasteiger partial charge is 0.494 e. The number of halogens is 2. The van der Waals surface area contributed by atoms with Crippen molar-refractivity contribution in [3.8, 4) is 5.75 Å². The van der Waals surface area contributed by atoms with Crippen LogP contribution < -0.4 is 4.74 Å². The van der Waals surface area contributed by atoms with E-state index in [1.165, 1.54) is 19.2 Å². The zero-order valence-corrected chi connectivity index (χ0v) is 23.1. The van der Waals surface area contributed by atoms with Crippen LogP contribution in [0.5, 0.6) is 5.75 Å². The molecule has 0 fully saturated rings. The number of rotatable bonds is 10. The number of methoxy groups -OCH3 is 1.